The lowest BCUT2D eigenvalue weighted by atomic mass is 10.2. The first kappa shape index (κ1) is 14.8. The van der Waals surface area contributed by atoms with Gasteiger partial charge in [-0.25, -0.2) is 4.39 Å². The predicted molar refractivity (Wildman–Crippen MR) is 93.8 cm³/mol. The van der Waals surface area contributed by atoms with Crippen molar-refractivity contribution < 1.29 is 9.13 Å². The third kappa shape index (κ3) is 3.77. The van der Waals surface area contributed by atoms with Crippen LogP contribution < -0.4 is 4.74 Å². The quantitative estimate of drug-likeness (QED) is 0.689. The number of hydrogen-bond donors (Lipinski definition) is 0. The van der Waals surface area contributed by atoms with Crippen LogP contribution in [0.3, 0.4) is 0 Å². The molecule has 5 heteroatoms. The van der Waals surface area contributed by atoms with Crippen molar-refractivity contribution in [2.24, 2.45) is 4.99 Å². The maximum atomic E-state index is 13.1. The third-order valence-corrected chi connectivity index (χ3v) is 4.92. The van der Waals surface area contributed by atoms with E-state index < -0.39 is 0 Å². The van der Waals surface area contributed by atoms with E-state index in [9.17, 15) is 4.39 Å². The third-order valence-electron chi connectivity index (χ3n) is 3.05. The molecule has 0 atom stereocenters. The molecule has 0 aromatic heterocycles. The smallest absolute Gasteiger partial charge is 0.133 e. The summed E-state index contributed by atoms with van der Waals surface area (Å²) < 4.78 is 19.9. The summed E-state index contributed by atoms with van der Waals surface area (Å²) in [6.45, 7) is 1.26. The summed E-state index contributed by atoms with van der Waals surface area (Å²) in [5, 5.41) is 1.10. The minimum Gasteiger partial charge on any atom is -0.488 e. The van der Waals surface area contributed by atoms with E-state index in [1.54, 1.807) is 17.8 Å². The monoisotopic (exact) mass is 413 g/mol. The Morgan fingerprint density at radius 3 is 2.86 bits per heavy atom. The Morgan fingerprint density at radius 2 is 2.14 bits per heavy atom. The van der Waals surface area contributed by atoms with Crippen LogP contribution in [-0.2, 0) is 6.61 Å². The summed E-state index contributed by atoms with van der Waals surface area (Å²) in [7, 11) is 0. The number of rotatable bonds is 4. The fraction of sp³-hybridized carbons (Fsp3) is 0.188. The summed E-state index contributed by atoms with van der Waals surface area (Å²) in [6, 6.07) is 12.5. The van der Waals surface area contributed by atoms with E-state index >= 15 is 0 Å². The molecule has 0 fully saturated rings. The Balaban J connectivity index is 1.71. The molecule has 0 amide bonds. The second-order valence-corrected chi connectivity index (χ2v) is 6.84. The molecule has 1 aliphatic rings. The zero-order valence-electron chi connectivity index (χ0n) is 11.2. The van der Waals surface area contributed by atoms with Crippen molar-refractivity contribution in [3.8, 4) is 5.75 Å². The van der Waals surface area contributed by atoms with Gasteiger partial charge >= 0.3 is 0 Å². The van der Waals surface area contributed by atoms with Gasteiger partial charge in [-0.2, -0.15) is 0 Å². The van der Waals surface area contributed by atoms with Gasteiger partial charge in [0.15, 0.2) is 0 Å². The lowest BCUT2D eigenvalue weighted by Gasteiger charge is -2.10. The van der Waals surface area contributed by atoms with Crippen LogP contribution in [0.25, 0.3) is 0 Å². The van der Waals surface area contributed by atoms with Crippen molar-refractivity contribution >= 4 is 39.4 Å². The highest BCUT2D eigenvalue weighted by Crippen LogP contribution is 2.27. The largest absolute Gasteiger partial charge is 0.488 e. The molecule has 3 rings (SSSR count). The zero-order chi connectivity index (χ0) is 14.7. The Hall–Kier alpha value is -1.08. The summed E-state index contributed by atoms with van der Waals surface area (Å²) in [6.07, 6.45) is 0. The Bertz CT molecular complexity index is 690. The summed E-state index contributed by atoms with van der Waals surface area (Å²) in [5.41, 5.74) is 1.96. The fourth-order valence-electron chi connectivity index (χ4n) is 2.05. The van der Waals surface area contributed by atoms with Crippen LogP contribution in [0.5, 0.6) is 5.75 Å². The molecule has 0 aliphatic carbocycles. The summed E-state index contributed by atoms with van der Waals surface area (Å²) in [4.78, 5) is 4.47. The molecular formula is C16H13FINOS. The van der Waals surface area contributed by atoms with Crippen molar-refractivity contribution in [3.05, 3.63) is 63.0 Å². The molecule has 0 spiro atoms. The number of ether oxygens (including phenoxy) is 1. The molecule has 2 aromatic rings. The van der Waals surface area contributed by atoms with E-state index in [4.69, 9.17) is 4.74 Å². The number of nitrogens with zero attached hydrogens (tertiary/aromatic N) is 1. The molecule has 1 aliphatic heterocycles. The van der Waals surface area contributed by atoms with Crippen molar-refractivity contribution in [1.29, 1.82) is 0 Å². The molecule has 0 N–H and O–H groups in total. The maximum absolute atomic E-state index is 13.1. The summed E-state index contributed by atoms with van der Waals surface area (Å²) in [5.74, 6) is 1.63. The van der Waals surface area contributed by atoms with E-state index in [2.05, 4.69) is 33.6 Å². The number of aliphatic imine (C=N–C) groups is 1. The van der Waals surface area contributed by atoms with E-state index in [0.29, 0.717) is 6.61 Å². The van der Waals surface area contributed by atoms with Crippen LogP contribution in [0.1, 0.15) is 11.1 Å². The number of hydrogen-bond acceptors (Lipinski definition) is 3. The van der Waals surface area contributed by atoms with Gasteiger partial charge in [0.2, 0.25) is 0 Å². The second-order valence-electron chi connectivity index (χ2n) is 4.60. The highest BCUT2D eigenvalue weighted by atomic mass is 127. The van der Waals surface area contributed by atoms with E-state index in [0.717, 1.165) is 37.8 Å². The van der Waals surface area contributed by atoms with Crippen LogP contribution in [0.4, 0.5) is 4.39 Å². The SMILES string of the molecule is Fc1cccc(COc2ccc(C3=NCCS3)cc2I)c1. The van der Waals surface area contributed by atoms with Gasteiger partial charge in [-0.15, -0.1) is 11.8 Å². The minimum atomic E-state index is -0.239. The average Bonchev–Trinajstić information content (AvgIpc) is 3.00. The molecule has 1 heterocycles. The topological polar surface area (TPSA) is 21.6 Å². The molecule has 108 valence electrons. The molecule has 0 radical (unpaired) electrons. The first-order valence-corrected chi connectivity index (χ1v) is 8.63. The van der Waals surface area contributed by atoms with Crippen molar-refractivity contribution in [1.82, 2.24) is 0 Å². The molecular weight excluding hydrogens is 400 g/mol. The van der Waals surface area contributed by atoms with E-state index in [1.807, 2.05) is 18.2 Å². The molecule has 0 bridgehead atoms. The first-order valence-electron chi connectivity index (χ1n) is 6.57. The molecule has 0 saturated carbocycles. The van der Waals surface area contributed by atoms with Gasteiger partial charge in [-0.3, -0.25) is 4.99 Å². The molecule has 0 unspecified atom stereocenters. The van der Waals surface area contributed by atoms with Crippen LogP contribution in [0.2, 0.25) is 0 Å². The highest BCUT2D eigenvalue weighted by Gasteiger charge is 2.12. The van der Waals surface area contributed by atoms with Crippen molar-refractivity contribution in [3.63, 3.8) is 0 Å². The van der Waals surface area contributed by atoms with Gasteiger partial charge in [0, 0.05) is 17.9 Å². The molecule has 21 heavy (non-hydrogen) atoms. The number of thioether (sulfide) groups is 1. The lowest BCUT2D eigenvalue weighted by molar-refractivity contribution is 0.303. The van der Waals surface area contributed by atoms with Gasteiger partial charge in [0.25, 0.3) is 0 Å². The Labute approximate surface area is 141 Å². The van der Waals surface area contributed by atoms with Crippen molar-refractivity contribution in [2.75, 3.05) is 12.3 Å². The highest BCUT2D eigenvalue weighted by molar-refractivity contribution is 14.1. The van der Waals surface area contributed by atoms with Crippen molar-refractivity contribution in [2.45, 2.75) is 6.61 Å². The maximum Gasteiger partial charge on any atom is 0.133 e. The van der Waals surface area contributed by atoms with Gasteiger partial charge in [-0.1, -0.05) is 12.1 Å². The first-order chi connectivity index (χ1) is 10.2. The lowest BCUT2D eigenvalue weighted by Crippen LogP contribution is -1.99. The molecule has 2 nitrogen and oxygen atoms in total. The molecule has 0 saturated heterocycles. The van der Waals surface area contributed by atoms with Crippen LogP contribution in [0.15, 0.2) is 47.5 Å². The average molecular weight is 413 g/mol. The molecule has 2 aromatic carbocycles. The second kappa shape index (κ2) is 6.79. The number of halogens is 2. The Morgan fingerprint density at radius 1 is 1.24 bits per heavy atom. The van der Waals surface area contributed by atoms with Gasteiger partial charge in [-0.05, 0) is 58.5 Å². The minimum absolute atomic E-state index is 0.239. The van der Waals surface area contributed by atoms with Gasteiger partial charge < -0.3 is 4.74 Å². The van der Waals surface area contributed by atoms with Gasteiger partial charge in [0.05, 0.1) is 8.61 Å². The van der Waals surface area contributed by atoms with E-state index in [-0.39, 0.29) is 5.82 Å². The number of benzene rings is 2. The zero-order valence-corrected chi connectivity index (χ0v) is 14.2. The van der Waals surface area contributed by atoms with Crippen LogP contribution in [0, 0.1) is 9.39 Å². The van der Waals surface area contributed by atoms with Crippen LogP contribution >= 0.6 is 34.4 Å². The standard InChI is InChI=1S/C16H13FINOS/c17-13-3-1-2-11(8-13)10-20-15-5-4-12(9-14(15)18)16-19-6-7-21-16/h1-5,8-9H,6-7,10H2. The fourth-order valence-corrected chi connectivity index (χ4v) is 3.57. The summed E-state index contributed by atoms with van der Waals surface area (Å²) >= 11 is 4.04. The normalized spacial score (nSPS) is 14.1. The predicted octanol–water partition coefficient (Wildman–Crippen LogP) is 4.50. The van der Waals surface area contributed by atoms with Gasteiger partial charge in [0.1, 0.15) is 18.2 Å². The Kier molecular flexibility index (Phi) is 4.80. The van der Waals surface area contributed by atoms with E-state index in [1.165, 1.54) is 12.1 Å². The van der Waals surface area contributed by atoms with Crippen LogP contribution in [-0.4, -0.2) is 17.3 Å².